The number of rotatable bonds is 5. The van der Waals surface area contributed by atoms with Crippen LogP contribution < -0.4 is 15.4 Å². The highest BCUT2D eigenvalue weighted by Gasteiger charge is 2.05. The molecule has 25 heavy (non-hydrogen) atoms. The number of pyridine rings is 1. The van der Waals surface area contributed by atoms with Crippen LogP contribution in [0.15, 0.2) is 54.7 Å². The number of anilines is 1. The Labute approximate surface area is 148 Å². The SMILES string of the molecule is O=C(NCCOc1ccc2ncccc2c1)Nc1ccc(F)c(Cl)c1. The van der Waals surface area contributed by atoms with Crippen molar-refractivity contribution in [3.63, 3.8) is 0 Å². The highest BCUT2D eigenvalue weighted by atomic mass is 35.5. The maximum absolute atomic E-state index is 13.1. The van der Waals surface area contributed by atoms with E-state index < -0.39 is 11.8 Å². The normalized spacial score (nSPS) is 10.5. The van der Waals surface area contributed by atoms with Crippen molar-refractivity contribution in [2.24, 2.45) is 0 Å². The molecule has 0 fully saturated rings. The molecule has 5 nitrogen and oxygen atoms in total. The van der Waals surface area contributed by atoms with Crippen LogP contribution in [-0.2, 0) is 0 Å². The van der Waals surface area contributed by atoms with E-state index in [0.29, 0.717) is 24.6 Å². The van der Waals surface area contributed by atoms with Gasteiger partial charge in [-0.15, -0.1) is 0 Å². The molecular formula is C18H15ClFN3O2. The average Bonchev–Trinajstić information content (AvgIpc) is 2.62. The van der Waals surface area contributed by atoms with Gasteiger partial charge < -0.3 is 15.4 Å². The van der Waals surface area contributed by atoms with E-state index in [4.69, 9.17) is 16.3 Å². The van der Waals surface area contributed by atoms with Crippen molar-refractivity contribution in [1.82, 2.24) is 10.3 Å². The third-order valence-electron chi connectivity index (χ3n) is 3.41. The van der Waals surface area contributed by atoms with Crippen LogP contribution in [0.4, 0.5) is 14.9 Å². The molecule has 0 aliphatic heterocycles. The van der Waals surface area contributed by atoms with Crippen molar-refractivity contribution in [3.05, 3.63) is 65.6 Å². The second kappa shape index (κ2) is 7.81. The summed E-state index contributed by atoms with van der Waals surface area (Å²) in [5, 5.41) is 6.15. The van der Waals surface area contributed by atoms with Gasteiger partial charge in [0, 0.05) is 17.3 Å². The number of aromatic nitrogens is 1. The number of amides is 2. The van der Waals surface area contributed by atoms with Gasteiger partial charge in [-0.25, -0.2) is 9.18 Å². The van der Waals surface area contributed by atoms with Crippen molar-refractivity contribution in [2.45, 2.75) is 0 Å². The molecule has 0 saturated carbocycles. The number of carbonyl (C=O) groups is 1. The zero-order chi connectivity index (χ0) is 17.6. The zero-order valence-electron chi connectivity index (χ0n) is 13.1. The first kappa shape index (κ1) is 17.0. The summed E-state index contributed by atoms with van der Waals surface area (Å²) in [6.45, 7) is 0.620. The van der Waals surface area contributed by atoms with Crippen LogP contribution >= 0.6 is 11.6 Å². The molecule has 128 valence electrons. The van der Waals surface area contributed by atoms with Crippen molar-refractivity contribution in [2.75, 3.05) is 18.5 Å². The van der Waals surface area contributed by atoms with Gasteiger partial charge in [0.15, 0.2) is 0 Å². The first-order valence-corrected chi connectivity index (χ1v) is 7.97. The van der Waals surface area contributed by atoms with Crippen LogP contribution in [-0.4, -0.2) is 24.2 Å². The zero-order valence-corrected chi connectivity index (χ0v) is 13.9. The second-order valence-electron chi connectivity index (χ2n) is 5.22. The second-order valence-corrected chi connectivity index (χ2v) is 5.62. The molecule has 2 N–H and O–H groups in total. The number of urea groups is 1. The summed E-state index contributed by atoms with van der Waals surface area (Å²) in [6.07, 6.45) is 1.74. The summed E-state index contributed by atoms with van der Waals surface area (Å²) in [7, 11) is 0. The Hall–Kier alpha value is -2.86. The van der Waals surface area contributed by atoms with Gasteiger partial charge in [0.25, 0.3) is 0 Å². The lowest BCUT2D eigenvalue weighted by molar-refractivity contribution is 0.247. The molecule has 2 aromatic carbocycles. The smallest absolute Gasteiger partial charge is 0.319 e. The average molecular weight is 360 g/mol. The molecule has 1 heterocycles. The Morgan fingerprint density at radius 1 is 1.20 bits per heavy atom. The number of fused-ring (bicyclic) bond motifs is 1. The Balaban J connectivity index is 1.45. The standard InChI is InChI=1S/C18H15ClFN3O2/c19-15-11-13(3-5-16(15)20)23-18(24)22-8-9-25-14-4-6-17-12(10-14)2-1-7-21-17/h1-7,10-11H,8-9H2,(H2,22,23,24). The molecule has 0 bridgehead atoms. The lowest BCUT2D eigenvalue weighted by Crippen LogP contribution is -2.32. The fraction of sp³-hybridized carbons (Fsp3) is 0.111. The predicted octanol–water partition coefficient (Wildman–Crippen LogP) is 4.23. The number of carbonyl (C=O) groups excluding carboxylic acids is 1. The molecule has 0 saturated heterocycles. The summed E-state index contributed by atoms with van der Waals surface area (Å²) in [4.78, 5) is 16.0. The highest BCUT2D eigenvalue weighted by Crippen LogP contribution is 2.20. The van der Waals surface area contributed by atoms with Crippen molar-refractivity contribution in [3.8, 4) is 5.75 Å². The van der Waals surface area contributed by atoms with Crippen molar-refractivity contribution in [1.29, 1.82) is 0 Å². The molecule has 0 spiro atoms. The van der Waals surface area contributed by atoms with Crippen molar-refractivity contribution < 1.29 is 13.9 Å². The molecule has 0 aliphatic rings. The van der Waals surface area contributed by atoms with E-state index in [1.807, 2.05) is 30.3 Å². The summed E-state index contributed by atoms with van der Waals surface area (Å²) < 4.78 is 18.7. The highest BCUT2D eigenvalue weighted by molar-refractivity contribution is 6.31. The van der Waals surface area contributed by atoms with Crippen LogP contribution in [0.2, 0.25) is 5.02 Å². The topological polar surface area (TPSA) is 63.2 Å². The van der Waals surface area contributed by atoms with Gasteiger partial charge in [-0.3, -0.25) is 4.98 Å². The Morgan fingerprint density at radius 3 is 2.92 bits per heavy atom. The predicted molar refractivity (Wildman–Crippen MR) is 95.7 cm³/mol. The Morgan fingerprint density at radius 2 is 2.08 bits per heavy atom. The lowest BCUT2D eigenvalue weighted by Gasteiger charge is -2.10. The lowest BCUT2D eigenvalue weighted by atomic mass is 10.2. The number of ether oxygens (including phenoxy) is 1. The van der Waals surface area contributed by atoms with Gasteiger partial charge in [0.2, 0.25) is 0 Å². The van der Waals surface area contributed by atoms with Gasteiger partial charge in [-0.1, -0.05) is 17.7 Å². The molecule has 3 aromatic rings. The third-order valence-corrected chi connectivity index (χ3v) is 3.70. The van der Waals surface area contributed by atoms with Crippen molar-refractivity contribution >= 4 is 34.2 Å². The quantitative estimate of drug-likeness (QED) is 0.670. The Kier molecular flexibility index (Phi) is 5.30. The first-order chi connectivity index (χ1) is 12.1. The van der Waals surface area contributed by atoms with Crippen LogP contribution in [0.5, 0.6) is 5.75 Å². The number of nitrogens with one attached hydrogen (secondary N) is 2. The monoisotopic (exact) mass is 359 g/mol. The minimum Gasteiger partial charge on any atom is -0.492 e. The van der Waals surface area contributed by atoms with Gasteiger partial charge in [0.05, 0.1) is 17.1 Å². The maximum Gasteiger partial charge on any atom is 0.319 e. The van der Waals surface area contributed by atoms with Crippen LogP contribution in [0.1, 0.15) is 0 Å². The molecular weight excluding hydrogens is 345 g/mol. The largest absolute Gasteiger partial charge is 0.492 e. The van der Waals surface area contributed by atoms with Gasteiger partial charge in [-0.05, 0) is 42.5 Å². The molecule has 0 aliphatic carbocycles. The van der Waals surface area contributed by atoms with E-state index in [1.54, 1.807) is 6.20 Å². The molecule has 0 unspecified atom stereocenters. The van der Waals surface area contributed by atoms with Gasteiger partial charge >= 0.3 is 6.03 Å². The molecule has 1 aromatic heterocycles. The Bertz CT molecular complexity index is 904. The van der Waals surface area contributed by atoms with Crippen LogP contribution in [0.25, 0.3) is 10.9 Å². The molecule has 7 heteroatoms. The van der Waals surface area contributed by atoms with E-state index in [2.05, 4.69) is 15.6 Å². The number of hydrogen-bond donors (Lipinski definition) is 2. The first-order valence-electron chi connectivity index (χ1n) is 7.59. The summed E-state index contributed by atoms with van der Waals surface area (Å²) in [5.74, 6) is 0.166. The van der Waals surface area contributed by atoms with E-state index in [0.717, 1.165) is 10.9 Å². The van der Waals surface area contributed by atoms with Gasteiger partial charge in [0.1, 0.15) is 18.2 Å². The third kappa shape index (κ3) is 4.58. The van der Waals surface area contributed by atoms with E-state index >= 15 is 0 Å². The fourth-order valence-corrected chi connectivity index (χ4v) is 2.41. The van der Waals surface area contributed by atoms with Crippen LogP contribution in [0.3, 0.4) is 0 Å². The number of hydrogen-bond acceptors (Lipinski definition) is 3. The minimum absolute atomic E-state index is 0.0491. The maximum atomic E-state index is 13.1. The van der Waals surface area contributed by atoms with E-state index in [9.17, 15) is 9.18 Å². The number of benzene rings is 2. The van der Waals surface area contributed by atoms with Gasteiger partial charge in [-0.2, -0.15) is 0 Å². The minimum atomic E-state index is -0.536. The summed E-state index contributed by atoms with van der Waals surface area (Å²) >= 11 is 5.66. The fourth-order valence-electron chi connectivity index (χ4n) is 2.23. The molecule has 3 rings (SSSR count). The van der Waals surface area contributed by atoms with E-state index in [-0.39, 0.29) is 5.02 Å². The molecule has 2 amide bonds. The number of halogens is 2. The van der Waals surface area contributed by atoms with Crippen LogP contribution in [0, 0.1) is 5.82 Å². The summed E-state index contributed by atoms with van der Waals surface area (Å²) in [6, 6.07) is 13.0. The molecule has 0 atom stereocenters. The molecule has 0 radical (unpaired) electrons. The summed E-state index contributed by atoms with van der Waals surface area (Å²) in [5.41, 5.74) is 1.30. The van der Waals surface area contributed by atoms with E-state index in [1.165, 1.54) is 18.2 Å². The number of nitrogens with zero attached hydrogens (tertiary/aromatic N) is 1.